The molecule has 0 saturated heterocycles. The van der Waals surface area contributed by atoms with Gasteiger partial charge in [0, 0.05) is 13.1 Å². The Hall–Kier alpha value is -1.25. The van der Waals surface area contributed by atoms with Crippen LogP contribution in [0.25, 0.3) is 0 Å². The minimum atomic E-state index is -0.236. The molecule has 236 valence electrons. The summed E-state index contributed by atoms with van der Waals surface area (Å²) in [5.74, 6) is 0. The van der Waals surface area contributed by atoms with Gasteiger partial charge in [0.15, 0.2) is 0 Å². The smallest absolute Gasteiger partial charge is 0.314 e. The number of allylic oxidation sites excluding steroid dienone is 4. The third-order valence-electron chi connectivity index (χ3n) is 8.19. The van der Waals surface area contributed by atoms with Crippen molar-refractivity contribution in [3.05, 3.63) is 24.3 Å². The standard InChI is InChI=1S/C37H72N2O/c1-3-5-7-9-11-13-15-17-19-21-23-25-27-29-31-33-35-39(37(38)40)36-34-32-30-28-26-24-22-20-18-16-14-12-10-8-6-4-2/h17-20H,3-16,21-36H2,1-2H3,(H2,38,40). The first kappa shape index (κ1) is 38.8. The Morgan fingerprint density at radius 2 is 0.675 bits per heavy atom. The van der Waals surface area contributed by atoms with E-state index in [4.69, 9.17) is 5.73 Å². The highest BCUT2D eigenvalue weighted by Crippen LogP contribution is 2.12. The molecule has 0 unspecified atom stereocenters. The predicted molar refractivity (Wildman–Crippen MR) is 180 cm³/mol. The molecular formula is C37H72N2O. The van der Waals surface area contributed by atoms with Crippen molar-refractivity contribution in [3.8, 4) is 0 Å². The quantitative estimate of drug-likeness (QED) is 0.0645. The van der Waals surface area contributed by atoms with Gasteiger partial charge in [-0.25, -0.2) is 4.79 Å². The lowest BCUT2D eigenvalue weighted by Gasteiger charge is -2.20. The summed E-state index contributed by atoms with van der Waals surface area (Å²) >= 11 is 0. The lowest BCUT2D eigenvalue weighted by atomic mass is 10.1. The van der Waals surface area contributed by atoms with Crippen LogP contribution in [0, 0.1) is 0 Å². The van der Waals surface area contributed by atoms with E-state index >= 15 is 0 Å². The molecule has 0 aliphatic heterocycles. The zero-order valence-corrected chi connectivity index (χ0v) is 27.5. The zero-order chi connectivity index (χ0) is 29.2. The van der Waals surface area contributed by atoms with Gasteiger partial charge in [0.1, 0.15) is 0 Å². The molecular weight excluding hydrogens is 488 g/mol. The Morgan fingerprint density at radius 3 is 0.950 bits per heavy atom. The molecule has 0 aromatic heterocycles. The molecule has 0 spiro atoms. The van der Waals surface area contributed by atoms with Crippen molar-refractivity contribution in [1.82, 2.24) is 4.90 Å². The van der Waals surface area contributed by atoms with E-state index in [-0.39, 0.29) is 6.03 Å². The first-order valence-electron chi connectivity index (χ1n) is 18.1. The fourth-order valence-corrected chi connectivity index (χ4v) is 5.43. The minimum Gasteiger partial charge on any atom is -0.351 e. The minimum absolute atomic E-state index is 0.236. The Kier molecular flexibility index (Phi) is 32.9. The van der Waals surface area contributed by atoms with E-state index in [1.165, 1.54) is 167 Å². The van der Waals surface area contributed by atoms with Gasteiger partial charge in [-0.1, -0.05) is 154 Å². The van der Waals surface area contributed by atoms with Gasteiger partial charge >= 0.3 is 6.03 Å². The number of carbonyl (C=O) groups excluding carboxylic acids is 1. The van der Waals surface area contributed by atoms with Gasteiger partial charge in [-0.05, 0) is 64.2 Å². The molecule has 0 bridgehead atoms. The summed E-state index contributed by atoms with van der Waals surface area (Å²) in [6.45, 7) is 6.23. The van der Waals surface area contributed by atoms with E-state index in [1.54, 1.807) is 0 Å². The van der Waals surface area contributed by atoms with Crippen LogP contribution in [0.1, 0.15) is 194 Å². The summed E-state index contributed by atoms with van der Waals surface area (Å²) in [6.07, 6.45) is 46.3. The molecule has 0 aliphatic carbocycles. The SMILES string of the molecule is CCCCCCCCC=CCCCCCCCCN(CCCCCCCCC=CCCCCCCCC)C(N)=O. The van der Waals surface area contributed by atoms with Crippen LogP contribution in [0.15, 0.2) is 24.3 Å². The number of hydrogen-bond acceptors (Lipinski definition) is 1. The van der Waals surface area contributed by atoms with Crippen LogP contribution in [0.3, 0.4) is 0 Å². The van der Waals surface area contributed by atoms with Crippen molar-refractivity contribution >= 4 is 6.03 Å². The van der Waals surface area contributed by atoms with Crippen LogP contribution in [0.5, 0.6) is 0 Å². The van der Waals surface area contributed by atoms with Crippen LogP contribution in [0.4, 0.5) is 4.79 Å². The Balaban J connectivity index is 3.47. The van der Waals surface area contributed by atoms with E-state index in [1.807, 2.05) is 4.90 Å². The Bertz CT molecular complexity index is 514. The maximum absolute atomic E-state index is 11.8. The number of primary amides is 1. The molecule has 40 heavy (non-hydrogen) atoms. The van der Waals surface area contributed by atoms with Gasteiger partial charge in [-0.15, -0.1) is 0 Å². The molecule has 2 amide bonds. The molecule has 3 nitrogen and oxygen atoms in total. The van der Waals surface area contributed by atoms with Crippen molar-refractivity contribution in [2.45, 2.75) is 194 Å². The number of nitrogens with zero attached hydrogens (tertiary/aromatic N) is 1. The zero-order valence-electron chi connectivity index (χ0n) is 27.5. The van der Waals surface area contributed by atoms with Gasteiger partial charge < -0.3 is 10.6 Å². The summed E-state index contributed by atoms with van der Waals surface area (Å²) in [5.41, 5.74) is 5.64. The molecule has 0 saturated carbocycles. The third-order valence-corrected chi connectivity index (χ3v) is 8.19. The third kappa shape index (κ3) is 31.3. The fraction of sp³-hybridized carbons (Fsp3) is 0.865. The van der Waals surface area contributed by atoms with Crippen molar-refractivity contribution in [2.75, 3.05) is 13.1 Å². The lowest BCUT2D eigenvalue weighted by molar-refractivity contribution is 0.204. The summed E-state index contributed by atoms with van der Waals surface area (Å²) in [4.78, 5) is 13.7. The van der Waals surface area contributed by atoms with Crippen LogP contribution >= 0.6 is 0 Å². The van der Waals surface area contributed by atoms with Crippen molar-refractivity contribution in [3.63, 3.8) is 0 Å². The molecule has 2 N–H and O–H groups in total. The Labute approximate surface area is 252 Å². The highest BCUT2D eigenvalue weighted by atomic mass is 16.2. The average molecular weight is 561 g/mol. The first-order valence-corrected chi connectivity index (χ1v) is 18.1. The van der Waals surface area contributed by atoms with E-state index < -0.39 is 0 Å². The van der Waals surface area contributed by atoms with Crippen LogP contribution in [0.2, 0.25) is 0 Å². The highest BCUT2D eigenvalue weighted by molar-refractivity contribution is 5.71. The summed E-state index contributed by atoms with van der Waals surface area (Å²) < 4.78 is 0. The fourth-order valence-electron chi connectivity index (χ4n) is 5.43. The second kappa shape index (κ2) is 34.0. The van der Waals surface area contributed by atoms with Gasteiger partial charge in [-0.3, -0.25) is 0 Å². The largest absolute Gasteiger partial charge is 0.351 e. The van der Waals surface area contributed by atoms with E-state index in [9.17, 15) is 4.79 Å². The molecule has 3 heteroatoms. The van der Waals surface area contributed by atoms with Crippen molar-refractivity contribution < 1.29 is 4.79 Å². The number of carbonyl (C=O) groups is 1. The van der Waals surface area contributed by atoms with Gasteiger partial charge in [0.25, 0.3) is 0 Å². The monoisotopic (exact) mass is 561 g/mol. The van der Waals surface area contributed by atoms with Gasteiger partial charge in [-0.2, -0.15) is 0 Å². The molecule has 0 aromatic rings. The lowest BCUT2D eigenvalue weighted by Crippen LogP contribution is -2.37. The summed E-state index contributed by atoms with van der Waals surface area (Å²) in [7, 11) is 0. The molecule has 0 radical (unpaired) electrons. The highest BCUT2D eigenvalue weighted by Gasteiger charge is 2.08. The van der Waals surface area contributed by atoms with E-state index in [2.05, 4.69) is 38.2 Å². The van der Waals surface area contributed by atoms with Gasteiger partial charge in [0.2, 0.25) is 0 Å². The second-order valence-electron chi connectivity index (χ2n) is 12.2. The number of amides is 2. The first-order chi connectivity index (χ1) is 19.7. The number of unbranched alkanes of at least 4 members (excludes halogenated alkanes) is 24. The number of urea groups is 1. The number of hydrogen-bond donors (Lipinski definition) is 1. The molecule has 0 aliphatic rings. The maximum atomic E-state index is 11.8. The number of rotatable bonds is 32. The van der Waals surface area contributed by atoms with Crippen LogP contribution in [-0.2, 0) is 0 Å². The second-order valence-corrected chi connectivity index (χ2v) is 12.2. The van der Waals surface area contributed by atoms with E-state index in [0.29, 0.717) is 0 Å². The van der Waals surface area contributed by atoms with Crippen molar-refractivity contribution in [1.29, 1.82) is 0 Å². The molecule has 0 rings (SSSR count). The molecule has 0 aromatic carbocycles. The molecule has 0 atom stereocenters. The Morgan fingerprint density at radius 1 is 0.425 bits per heavy atom. The molecule has 0 heterocycles. The predicted octanol–water partition coefficient (Wildman–Crippen LogP) is 12.4. The summed E-state index contributed by atoms with van der Waals surface area (Å²) in [5, 5.41) is 0. The van der Waals surface area contributed by atoms with Crippen LogP contribution < -0.4 is 5.73 Å². The van der Waals surface area contributed by atoms with Gasteiger partial charge in [0.05, 0.1) is 0 Å². The topological polar surface area (TPSA) is 46.3 Å². The van der Waals surface area contributed by atoms with Crippen molar-refractivity contribution in [2.24, 2.45) is 5.73 Å². The molecule has 0 fully saturated rings. The van der Waals surface area contributed by atoms with E-state index in [0.717, 1.165) is 25.9 Å². The maximum Gasteiger partial charge on any atom is 0.314 e. The van der Waals surface area contributed by atoms with Crippen LogP contribution in [-0.4, -0.2) is 24.0 Å². The summed E-state index contributed by atoms with van der Waals surface area (Å²) in [6, 6.07) is -0.236. The number of nitrogens with two attached hydrogens (primary N) is 1. The normalized spacial score (nSPS) is 11.8. The average Bonchev–Trinajstić information content (AvgIpc) is 2.95.